The van der Waals surface area contributed by atoms with Crippen LogP contribution in [0.2, 0.25) is 0 Å². The van der Waals surface area contributed by atoms with Gasteiger partial charge in [-0.2, -0.15) is 0 Å². The summed E-state index contributed by atoms with van der Waals surface area (Å²) in [7, 11) is 1.65. The van der Waals surface area contributed by atoms with Gasteiger partial charge in [0.15, 0.2) is 14.8 Å². The Morgan fingerprint density at radius 2 is 1.88 bits per heavy atom. The summed E-state index contributed by atoms with van der Waals surface area (Å²) < 4.78 is 9.75. The van der Waals surface area contributed by atoms with Crippen LogP contribution in [-0.4, -0.2) is 32.4 Å². The fourth-order valence-electron chi connectivity index (χ4n) is 3.19. The zero-order valence-electron chi connectivity index (χ0n) is 18.3. The molecule has 33 heavy (non-hydrogen) atoms. The van der Waals surface area contributed by atoms with Gasteiger partial charge in [-0.3, -0.25) is 18.7 Å². The minimum atomic E-state index is -0.192. The van der Waals surface area contributed by atoms with E-state index in [2.05, 4.69) is 5.32 Å². The van der Waals surface area contributed by atoms with E-state index in [-0.39, 0.29) is 17.2 Å². The average molecular weight is 499 g/mol. The Morgan fingerprint density at radius 1 is 1.18 bits per heavy atom. The molecule has 1 amide bonds. The van der Waals surface area contributed by atoms with Crippen LogP contribution in [0.3, 0.4) is 0 Å². The van der Waals surface area contributed by atoms with Gasteiger partial charge in [-0.05, 0) is 62.5 Å². The smallest absolute Gasteiger partial charge is 0.273 e. The number of nitrogens with zero attached hydrogens (tertiary/aromatic N) is 3. The number of anilines is 1. The predicted octanol–water partition coefficient (Wildman–Crippen LogP) is 4.95. The maximum absolute atomic E-state index is 13.0. The molecular formula is C23H22N4O3S3. The van der Waals surface area contributed by atoms with Crippen molar-refractivity contribution in [1.29, 1.82) is 0 Å². The molecule has 170 valence electrons. The van der Waals surface area contributed by atoms with Crippen molar-refractivity contribution in [2.45, 2.75) is 19.0 Å². The molecule has 10 heteroatoms. The second-order valence-electron chi connectivity index (χ2n) is 7.24. The average Bonchev–Trinajstić information content (AvgIpc) is 3.13. The van der Waals surface area contributed by atoms with Crippen molar-refractivity contribution < 1.29 is 9.53 Å². The lowest BCUT2D eigenvalue weighted by Gasteiger charge is -2.10. The van der Waals surface area contributed by atoms with Crippen molar-refractivity contribution in [3.63, 3.8) is 0 Å². The van der Waals surface area contributed by atoms with Gasteiger partial charge in [0.1, 0.15) is 10.4 Å². The first kappa shape index (κ1) is 23.2. The zero-order valence-corrected chi connectivity index (χ0v) is 20.8. The maximum Gasteiger partial charge on any atom is 0.273 e. The maximum atomic E-state index is 13.0. The summed E-state index contributed by atoms with van der Waals surface area (Å²) in [6, 6.07) is 15.1. The topological polar surface area (TPSA) is 78.1 Å². The predicted molar refractivity (Wildman–Crippen MR) is 137 cm³/mol. The summed E-state index contributed by atoms with van der Waals surface area (Å²) in [5.41, 5.74) is 2.93. The number of aromatic nitrogens is 3. The molecule has 2 heterocycles. The number of nitrogens with one attached hydrogen (secondary N) is 1. The number of thiazole rings is 1. The Bertz CT molecular complexity index is 1420. The zero-order chi connectivity index (χ0) is 23.5. The van der Waals surface area contributed by atoms with Crippen LogP contribution in [0.5, 0.6) is 5.75 Å². The van der Waals surface area contributed by atoms with E-state index in [4.69, 9.17) is 21.9 Å². The largest absolute Gasteiger partial charge is 0.494 e. The molecule has 2 aromatic heterocycles. The second-order valence-corrected chi connectivity index (χ2v) is 9.83. The highest BCUT2D eigenvalue weighted by atomic mass is 32.2. The van der Waals surface area contributed by atoms with Gasteiger partial charge < -0.3 is 10.1 Å². The number of benzene rings is 2. The van der Waals surface area contributed by atoms with E-state index in [1.54, 1.807) is 11.6 Å². The van der Waals surface area contributed by atoms with Crippen LogP contribution < -0.4 is 15.6 Å². The van der Waals surface area contributed by atoms with Crippen LogP contribution in [0.25, 0.3) is 16.0 Å². The number of thioether (sulfide) groups is 1. The molecule has 0 fully saturated rings. The van der Waals surface area contributed by atoms with E-state index in [0.717, 1.165) is 22.7 Å². The second kappa shape index (κ2) is 9.90. The van der Waals surface area contributed by atoms with Crippen molar-refractivity contribution in [3.8, 4) is 11.4 Å². The Hall–Kier alpha value is -2.95. The molecule has 0 atom stereocenters. The van der Waals surface area contributed by atoms with Crippen LogP contribution >= 0.6 is 35.3 Å². The lowest BCUT2D eigenvalue weighted by atomic mass is 10.2. The molecule has 4 aromatic rings. The quantitative estimate of drug-likeness (QED) is 0.221. The van der Waals surface area contributed by atoms with E-state index in [1.807, 2.05) is 62.4 Å². The first-order valence-corrected chi connectivity index (χ1v) is 12.4. The number of rotatable bonds is 7. The number of amides is 1. The minimum absolute atomic E-state index is 0.119. The molecule has 0 aliphatic carbocycles. The third kappa shape index (κ3) is 5.02. The number of hydrogen-bond donors (Lipinski definition) is 1. The van der Waals surface area contributed by atoms with Gasteiger partial charge in [0.25, 0.3) is 5.56 Å². The molecular weight excluding hydrogens is 476 g/mol. The third-order valence-electron chi connectivity index (χ3n) is 4.85. The number of carbonyl (C=O) groups is 1. The molecule has 4 rings (SSSR count). The lowest BCUT2D eigenvalue weighted by molar-refractivity contribution is -0.113. The summed E-state index contributed by atoms with van der Waals surface area (Å²) >= 11 is 7.98. The highest BCUT2D eigenvalue weighted by Gasteiger charge is 2.17. The fourth-order valence-corrected chi connectivity index (χ4v) is 5.30. The Labute approximate surface area is 204 Å². The monoisotopic (exact) mass is 498 g/mol. The van der Waals surface area contributed by atoms with Crippen molar-refractivity contribution in [2.75, 3.05) is 17.7 Å². The van der Waals surface area contributed by atoms with Gasteiger partial charge in [-0.25, -0.2) is 4.98 Å². The molecule has 0 radical (unpaired) electrons. The number of aryl methyl sites for hydroxylation is 1. The first-order chi connectivity index (χ1) is 15.9. The van der Waals surface area contributed by atoms with Gasteiger partial charge in [0.2, 0.25) is 5.91 Å². The van der Waals surface area contributed by atoms with Crippen molar-refractivity contribution >= 4 is 57.3 Å². The van der Waals surface area contributed by atoms with Gasteiger partial charge >= 0.3 is 0 Å². The molecule has 0 aliphatic rings. The van der Waals surface area contributed by atoms with Gasteiger partial charge in [0, 0.05) is 18.4 Å². The molecule has 7 nitrogen and oxygen atoms in total. The highest BCUT2D eigenvalue weighted by molar-refractivity contribution is 7.99. The normalized spacial score (nSPS) is 11.0. The van der Waals surface area contributed by atoms with Crippen molar-refractivity contribution in [3.05, 3.63) is 68.4 Å². The number of hydrogen-bond acceptors (Lipinski definition) is 7. The molecule has 0 aliphatic heterocycles. The van der Waals surface area contributed by atoms with Crippen LogP contribution in [0, 0.1) is 10.9 Å². The minimum Gasteiger partial charge on any atom is -0.494 e. The molecule has 0 saturated carbocycles. The van der Waals surface area contributed by atoms with E-state index in [9.17, 15) is 9.59 Å². The van der Waals surface area contributed by atoms with E-state index < -0.39 is 0 Å². The Kier molecular flexibility index (Phi) is 6.96. The van der Waals surface area contributed by atoms with Gasteiger partial charge in [-0.15, -0.1) is 0 Å². The Balaban J connectivity index is 1.62. The van der Waals surface area contributed by atoms with E-state index >= 15 is 0 Å². The molecule has 2 aromatic carbocycles. The molecule has 1 N–H and O–H groups in total. The van der Waals surface area contributed by atoms with Crippen molar-refractivity contribution in [2.24, 2.45) is 7.05 Å². The first-order valence-electron chi connectivity index (χ1n) is 10.2. The molecule has 0 bridgehead atoms. The Morgan fingerprint density at radius 3 is 2.55 bits per heavy atom. The van der Waals surface area contributed by atoms with Gasteiger partial charge in [-0.1, -0.05) is 40.8 Å². The SMILES string of the molecule is CCOc1ccc(-n2c(=S)sc3c(=O)n(C)c(SCC(=O)Nc4ccc(C)cc4)nc32)cc1. The van der Waals surface area contributed by atoms with E-state index in [0.29, 0.717) is 26.1 Å². The molecule has 0 spiro atoms. The van der Waals surface area contributed by atoms with Crippen molar-refractivity contribution in [1.82, 2.24) is 14.1 Å². The summed E-state index contributed by atoms with van der Waals surface area (Å²) in [6.07, 6.45) is 0. The lowest BCUT2D eigenvalue weighted by Crippen LogP contribution is -2.21. The number of ether oxygens (including phenoxy) is 1. The summed E-state index contributed by atoms with van der Waals surface area (Å²) in [4.78, 5) is 30.1. The number of fused-ring (bicyclic) bond motifs is 1. The standard InChI is InChI=1S/C23H22N4O3S3/c1-4-30-17-11-9-16(10-12-17)27-20-19(33-23(27)31)21(29)26(3)22(25-20)32-13-18(28)24-15-7-5-14(2)6-8-15/h5-12H,4,13H2,1-3H3,(H,24,28). The summed E-state index contributed by atoms with van der Waals surface area (Å²) in [5.74, 6) is 0.701. The summed E-state index contributed by atoms with van der Waals surface area (Å²) in [5, 5.41) is 3.30. The fraction of sp³-hybridized carbons (Fsp3) is 0.217. The van der Waals surface area contributed by atoms with Gasteiger partial charge in [0.05, 0.1) is 12.4 Å². The third-order valence-corrected chi connectivity index (χ3v) is 7.23. The summed E-state index contributed by atoms with van der Waals surface area (Å²) in [6.45, 7) is 4.49. The van der Waals surface area contributed by atoms with Crippen LogP contribution in [0.4, 0.5) is 5.69 Å². The van der Waals surface area contributed by atoms with Crippen LogP contribution in [0.15, 0.2) is 58.5 Å². The highest BCUT2D eigenvalue weighted by Crippen LogP contribution is 2.26. The van der Waals surface area contributed by atoms with E-state index in [1.165, 1.54) is 27.7 Å². The molecule has 0 saturated heterocycles. The molecule has 0 unspecified atom stereocenters. The van der Waals surface area contributed by atoms with Crippen LogP contribution in [-0.2, 0) is 11.8 Å². The number of carbonyl (C=O) groups excluding carboxylic acids is 1. The van der Waals surface area contributed by atoms with Crippen LogP contribution in [0.1, 0.15) is 12.5 Å².